The number of benzene rings is 3. The lowest BCUT2D eigenvalue weighted by Gasteiger charge is -2.15. The summed E-state index contributed by atoms with van der Waals surface area (Å²) in [5, 5.41) is 5.20. The number of hydrogen-bond donors (Lipinski definition) is 2. The minimum absolute atomic E-state index is 0.0108. The second-order valence-corrected chi connectivity index (χ2v) is 7.96. The molecule has 3 rings (SSSR count). The summed E-state index contributed by atoms with van der Waals surface area (Å²) < 4.78 is 21.0. The van der Waals surface area contributed by atoms with E-state index in [0.29, 0.717) is 23.1 Å². The van der Waals surface area contributed by atoms with Crippen molar-refractivity contribution in [2.24, 2.45) is 0 Å². The lowest BCUT2D eigenvalue weighted by atomic mass is 10.1. The molecule has 0 radical (unpaired) electrons. The predicted octanol–water partition coefficient (Wildman–Crippen LogP) is 3.50. The highest BCUT2D eigenvalue weighted by Crippen LogP contribution is 2.30. The Bertz CT molecular complexity index is 1250. The molecular weight excluding hydrogens is 492 g/mol. The van der Waals surface area contributed by atoms with Crippen LogP contribution in [0.3, 0.4) is 0 Å². The molecule has 0 heterocycles. The average molecular weight is 521 g/mol. The molecule has 198 valence electrons. The number of likely N-dealkylation sites (N-methyl/N-ethyl adjacent to an activating group) is 1. The first-order chi connectivity index (χ1) is 18.4. The maximum absolute atomic E-state index is 12.7. The first kappa shape index (κ1) is 27.9. The summed E-state index contributed by atoms with van der Waals surface area (Å²) in [7, 11) is 1.59. The maximum atomic E-state index is 12.7. The van der Waals surface area contributed by atoms with Crippen molar-refractivity contribution in [3.05, 3.63) is 95.6 Å². The van der Waals surface area contributed by atoms with Crippen LogP contribution < -0.4 is 20.1 Å². The van der Waals surface area contributed by atoms with Gasteiger partial charge in [0.2, 0.25) is 6.29 Å². The minimum atomic E-state index is -1.06. The van der Waals surface area contributed by atoms with Gasteiger partial charge in [0.25, 0.3) is 0 Å². The van der Waals surface area contributed by atoms with Gasteiger partial charge in [-0.1, -0.05) is 42.5 Å². The van der Waals surface area contributed by atoms with E-state index >= 15 is 0 Å². The molecule has 0 aliphatic carbocycles. The Morgan fingerprint density at radius 3 is 1.92 bits per heavy atom. The largest absolute Gasteiger partial charge is 0.424 e. The van der Waals surface area contributed by atoms with Gasteiger partial charge in [0, 0.05) is 13.5 Å². The van der Waals surface area contributed by atoms with E-state index < -0.39 is 30.3 Å². The number of esters is 3. The topological polar surface area (TPSA) is 129 Å². The normalized spacial score (nSPS) is 11.1. The van der Waals surface area contributed by atoms with Crippen LogP contribution in [0.2, 0.25) is 0 Å². The van der Waals surface area contributed by atoms with Crippen LogP contribution >= 0.6 is 0 Å². The van der Waals surface area contributed by atoms with Gasteiger partial charge in [-0.05, 0) is 55.4 Å². The van der Waals surface area contributed by atoms with E-state index in [1.807, 2.05) is 0 Å². The zero-order valence-electron chi connectivity index (χ0n) is 21.0. The molecule has 0 saturated heterocycles. The van der Waals surface area contributed by atoms with Gasteiger partial charge in [-0.25, -0.2) is 14.4 Å². The Morgan fingerprint density at radius 1 is 0.763 bits per heavy atom. The highest BCUT2D eigenvalue weighted by molar-refractivity contribution is 5.93. The molecule has 0 fully saturated rings. The van der Waals surface area contributed by atoms with E-state index in [1.165, 1.54) is 13.0 Å². The number of amides is 1. The van der Waals surface area contributed by atoms with E-state index in [4.69, 9.17) is 18.9 Å². The van der Waals surface area contributed by atoms with Crippen molar-refractivity contribution < 1.29 is 38.1 Å². The standard InChI is InChI=1S/C28H28N2O8/c1-19(35-25(31)18-29-2)36-28(34)30-16-15-20-13-14-23(37-26(32)21-9-5-3-6-10-21)24(17-20)38-27(33)22-11-7-4-8-12-22/h3-14,17,19,29H,15-16,18H2,1-2H3,(H,30,34). The van der Waals surface area contributed by atoms with Crippen molar-refractivity contribution in [3.63, 3.8) is 0 Å². The molecule has 38 heavy (non-hydrogen) atoms. The molecule has 3 aromatic carbocycles. The lowest BCUT2D eigenvalue weighted by Crippen LogP contribution is -2.33. The summed E-state index contributed by atoms with van der Waals surface area (Å²) in [6.07, 6.45) is -1.48. The Labute approximate surface area is 219 Å². The van der Waals surface area contributed by atoms with Crippen LogP contribution in [0.1, 0.15) is 33.2 Å². The van der Waals surface area contributed by atoms with Crippen LogP contribution in [0.15, 0.2) is 78.9 Å². The van der Waals surface area contributed by atoms with Crippen LogP contribution in [0.25, 0.3) is 0 Å². The highest BCUT2D eigenvalue weighted by atomic mass is 16.7. The van der Waals surface area contributed by atoms with E-state index in [2.05, 4.69) is 10.6 Å². The summed E-state index contributed by atoms with van der Waals surface area (Å²) in [4.78, 5) is 48.7. The number of carbonyl (C=O) groups is 4. The fraction of sp³-hybridized carbons (Fsp3) is 0.214. The Morgan fingerprint density at radius 2 is 1.34 bits per heavy atom. The van der Waals surface area contributed by atoms with Crippen LogP contribution in [0.4, 0.5) is 4.79 Å². The summed E-state index contributed by atoms with van der Waals surface area (Å²) in [6, 6.07) is 21.6. The third kappa shape index (κ3) is 8.75. The zero-order valence-corrected chi connectivity index (χ0v) is 21.0. The molecule has 2 N–H and O–H groups in total. The van der Waals surface area contributed by atoms with Crippen molar-refractivity contribution in [1.82, 2.24) is 10.6 Å². The van der Waals surface area contributed by atoms with Gasteiger partial charge < -0.3 is 29.6 Å². The van der Waals surface area contributed by atoms with Crippen LogP contribution in [0, 0.1) is 0 Å². The van der Waals surface area contributed by atoms with Gasteiger partial charge in [-0.15, -0.1) is 0 Å². The van der Waals surface area contributed by atoms with Crippen LogP contribution in [-0.2, 0) is 20.7 Å². The molecule has 0 bridgehead atoms. The molecule has 10 nitrogen and oxygen atoms in total. The molecule has 0 aliphatic heterocycles. The molecule has 1 unspecified atom stereocenters. The van der Waals surface area contributed by atoms with E-state index in [-0.39, 0.29) is 24.6 Å². The fourth-order valence-corrected chi connectivity index (χ4v) is 3.23. The average Bonchev–Trinajstić information content (AvgIpc) is 2.91. The molecule has 0 spiro atoms. The molecule has 0 aromatic heterocycles. The number of alkyl carbamates (subject to hydrolysis) is 1. The van der Waals surface area contributed by atoms with Gasteiger partial charge in [-0.2, -0.15) is 0 Å². The Balaban J connectivity index is 1.66. The molecular formula is C28H28N2O8. The minimum Gasteiger partial charge on any atom is -0.424 e. The summed E-state index contributed by atoms with van der Waals surface area (Å²) >= 11 is 0. The third-order valence-corrected chi connectivity index (χ3v) is 5.01. The molecule has 1 atom stereocenters. The monoisotopic (exact) mass is 520 g/mol. The first-order valence-corrected chi connectivity index (χ1v) is 11.8. The van der Waals surface area contributed by atoms with Crippen molar-refractivity contribution in [3.8, 4) is 11.5 Å². The first-order valence-electron chi connectivity index (χ1n) is 11.8. The van der Waals surface area contributed by atoms with Gasteiger partial charge in [0.05, 0.1) is 17.7 Å². The number of carbonyl (C=O) groups excluding carboxylic acids is 4. The predicted molar refractivity (Wildman–Crippen MR) is 137 cm³/mol. The molecule has 1 amide bonds. The zero-order chi connectivity index (χ0) is 27.3. The summed E-state index contributed by atoms with van der Waals surface area (Å²) in [5.74, 6) is -1.67. The van der Waals surface area contributed by atoms with Gasteiger partial charge in [0.1, 0.15) is 0 Å². The van der Waals surface area contributed by atoms with Crippen molar-refractivity contribution in [1.29, 1.82) is 0 Å². The number of rotatable bonds is 11. The SMILES string of the molecule is CNCC(=O)OC(C)OC(=O)NCCc1ccc(OC(=O)c2ccccc2)c(OC(=O)c2ccccc2)c1. The lowest BCUT2D eigenvalue weighted by molar-refractivity contribution is -0.163. The maximum Gasteiger partial charge on any atom is 0.410 e. The molecule has 10 heteroatoms. The van der Waals surface area contributed by atoms with Gasteiger partial charge >= 0.3 is 24.0 Å². The smallest absolute Gasteiger partial charge is 0.410 e. The van der Waals surface area contributed by atoms with Crippen LogP contribution in [-0.4, -0.2) is 50.4 Å². The third-order valence-electron chi connectivity index (χ3n) is 5.01. The number of hydrogen-bond acceptors (Lipinski definition) is 9. The highest BCUT2D eigenvalue weighted by Gasteiger charge is 2.18. The number of nitrogens with one attached hydrogen (secondary N) is 2. The number of ether oxygens (including phenoxy) is 4. The molecule has 0 aliphatic rings. The van der Waals surface area contributed by atoms with Gasteiger partial charge in [-0.3, -0.25) is 4.79 Å². The van der Waals surface area contributed by atoms with Gasteiger partial charge in [0.15, 0.2) is 11.5 Å². The molecule has 3 aromatic rings. The Hall–Kier alpha value is -4.70. The van der Waals surface area contributed by atoms with Crippen molar-refractivity contribution >= 4 is 24.0 Å². The van der Waals surface area contributed by atoms with Crippen molar-refractivity contribution in [2.75, 3.05) is 20.1 Å². The Kier molecular flexibility index (Phi) is 10.4. The quantitative estimate of drug-likeness (QED) is 0.222. The van der Waals surface area contributed by atoms with E-state index in [0.717, 1.165) is 0 Å². The second-order valence-electron chi connectivity index (χ2n) is 7.96. The van der Waals surface area contributed by atoms with Crippen LogP contribution in [0.5, 0.6) is 11.5 Å². The fourth-order valence-electron chi connectivity index (χ4n) is 3.23. The summed E-state index contributed by atoms with van der Waals surface area (Å²) in [6.45, 7) is 1.59. The second kappa shape index (κ2) is 14.1. The van der Waals surface area contributed by atoms with E-state index in [9.17, 15) is 19.2 Å². The molecule has 0 saturated carbocycles. The van der Waals surface area contributed by atoms with E-state index in [1.54, 1.807) is 79.8 Å². The van der Waals surface area contributed by atoms with Crippen molar-refractivity contribution in [2.45, 2.75) is 19.6 Å². The summed E-state index contributed by atoms with van der Waals surface area (Å²) in [5.41, 5.74) is 1.35.